The number of benzene rings is 1. The molecule has 1 aromatic carbocycles. The van der Waals surface area contributed by atoms with E-state index in [1.807, 2.05) is 18.2 Å². The summed E-state index contributed by atoms with van der Waals surface area (Å²) in [7, 11) is 1.56. The van der Waals surface area contributed by atoms with E-state index in [0.29, 0.717) is 17.1 Å². The van der Waals surface area contributed by atoms with Gasteiger partial charge in [0.15, 0.2) is 6.61 Å². The molecule has 0 fully saturated rings. The molecule has 0 N–H and O–H groups in total. The highest BCUT2D eigenvalue weighted by atomic mass is 16.6. The number of hydrogen-bond donors (Lipinski definition) is 0. The van der Waals surface area contributed by atoms with Crippen LogP contribution in [-0.2, 0) is 11.3 Å². The quantitative estimate of drug-likeness (QED) is 0.669. The van der Waals surface area contributed by atoms with Gasteiger partial charge in [0, 0.05) is 6.20 Å². The fraction of sp³-hybridized carbons (Fsp3) is 0.125. The van der Waals surface area contributed by atoms with E-state index in [1.165, 1.54) is 6.20 Å². The fourth-order valence-electron chi connectivity index (χ4n) is 1.94. The van der Waals surface area contributed by atoms with E-state index in [0.717, 1.165) is 0 Å². The monoisotopic (exact) mass is 311 g/mol. The van der Waals surface area contributed by atoms with Gasteiger partial charge in [-0.2, -0.15) is 4.98 Å². The standard InChI is InChI=1S/C16H13N3O4/c1-21-13-8-3-2-6-11(13)15-18-14(23-19-15)10-22-16(20)12-7-4-5-9-17-12/h2-9H,10H2,1H3. The molecule has 0 bridgehead atoms. The van der Waals surface area contributed by atoms with Crippen molar-refractivity contribution in [3.05, 3.63) is 60.2 Å². The maximum Gasteiger partial charge on any atom is 0.357 e. The maximum atomic E-state index is 11.8. The Labute approximate surface area is 131 Å². The third-order valence-corrected chi connectivity index (χ3v) is 3.02. The average Bonchev–Trinajstić information content (AvgIpc) is 3.09. The Morgan fingerprint density at radius 2 is 2.00 bits per heavy atom. The molecule has 0 saturated heterocycles. The molecule has 23 heavy (non-hydrogen) atoms. The van der Waals surface area contributed by atoms with Crippen LogP contribution >= 0.6 is 0 Å². The van der Waals surface area contributed by atoms with Gasteiger partial charge in [-0.15, -0.1) is 0 Å². The van der Waals surface area contributed by atoms with E-state index >= 15 is 0 Å². The zero-order valence-corrected chi connectivity index (χ0v) is 12.3. The van der Waals surface area contributed by atoms with Gasteiger partial charge in [-0.3, -0.25) is 0 Å². The van der Waals surface area contributed by atoms with E-state index in [2.05, 4.69) is 15.1 Å². The van der Waals surface area contributed by atoms with E-state index in [-0.39, 0.29) is 18.2 Å². The Morgan fingerprint density at radius 3 is 2.78 bits per heavy atom. The lowest BCUT2D eigenvalue weighted by Gasteiger charge is -2.03. The third kappa shape index (κ3) is 3.34. The number of aromatic nitrogens is 3. The zero-order valence-electron chi connectivity index (χ0n) is 12.3. The zero-order chi connectivity index (χ0) is 16.1. The largest absolute Gasteiger partial charge is 0.496 e. The Kier molecular flexibility index (Phi) is 4.28. The third-order valence-electron chi connectivity index (χ3n) is 3.02. The molecular formula is C16H13N3O4. The summed E-state index contributed by atoms with van der Waals surface area (Å²) in [5.41, 5.74) is 0.915. The minimum atomic E-state index is -0.553. The van der Waals surface area contributed by atoms with Gasteiger partial charge in [-0.05, 0) is 24.3 Å². The van der Waals surface area contributed by atoms with Crippen LogP contribution in [-0.4, -0.2) is 28.2 Å². The van der Waals surface area contributed by atoms with Crippen LogP contribution in [0.2, 0.25) is 0 Å². The van der Waals surface area contributed by atoms with Crippen molar-refractivity contribution in [3.63, 3.8) is 0 Å². The molecular weight excluding hydrogens is 298 g/mol. The predicted molar refractivity (Wildman–Crippen MR) is 79.6 cm³/mol. The first-order valence-electron chi connectivity index (χ1n) is 6.82. The molecule has 0 unspecified atom stereocenters. The number of para-hydroxylation sites is 1. The number of rotatable bonds is 5. The molecule has 0 radical (unpaired) electrons. The van der Waals surface area contributed by atoms with Gasteiger partial charge in [0.2, 0.25) is 5.82 Å². The average molecular weight is 311 g/mol. The van der Waals surface area contributed by atoms with Crippen LogP contribution in [0.25, 0.3) is 11.4 Å². The number of nitrogens with zero attached hydrogens (tertiary/aromatic N) is 3. The molecule has 0 spiro atoms. The number of hydrogen-bond acceptors (Lipinski definition) is 7. The normalized spacial score (nSPS) is 10.3. The number of ether oxygens (including phenoxy) is 2. The van der Waals surface area contributed by atoms with Crippen LogP contribution in [0.5, 0.6) is 5.75 Å². The molecule has 7 nitrogen and oxygen atoms in total. The summed E-state index contributed by atoms with van der Waals surface area (Å²) in [6.07, 6.45) is 1.52. The highest BCUT2D eigenvalue weighted by molar-refractivity contribution is 5.86. The van der Waals surface area contributed by atoms with Crippen LogP contribution in [0.15, 0.2) is 53.2 Å². The number of carbonyl (C=O) groups excluding carboxylic acids is 1. The first kappa shape index (κ1) is 14.7. The Bertz CT molecular complexity index is 802. The van der Waals surface area contributed by atoms with Crippen molar-refractivity contribution in [2.75, 3.05) is 7.11 Å². The summed E-state index contributed by atoms with van der Waals surface area (Å²) in [5, 5.41) is 3.87. The van der Waals surface area contributed by atoms with Crippen molar-refractivity contribution in [2.24, 2.45) is 0 Å². The molecule has 0 saturated carbocycles. The molecule has 2 heterocycles. The lowest BCUT2D eigenvalue weighted by atomic mass is 10.2. The predicted octanol–water partition coefficient (Wildman–Crippen LogP) is 2.50. The Balaban J connectivity index is 1.69. The first-order chi connectivity index (χ1) is 11.3. The van der Waals surface area contributed by atoms with E-state index in [9.17, 15) is 4.79 Å². The second-order valence-electron chi connectivity index (χ2n) is 4.50. The van der Waals surface area contributed by atoms with E-state index < -0.39 is 5.97 Å². The maximum absolute atomic E-state index is 11.8. The molecule has 2 aromatic heterocycles. The lowest BCUT2D eigenvalue weighted by molar-refractivity contribution is 0.0423. The molecule has 3 aromatic rings. The van der Waals surface area contributed by atoms with E-state index in [1.54, 1.807) is 31.4 Å². The molecule has 3 rings (SSSR count). The molecule has 0 aliphatic carbocycles. The fourth-order valence-corrected chi connectivity index (χ4v) is 1.94. The van der Waals surface area contributed by atoms with Gasteiger partial charge in [0.05, 0.1) is 12.7 Å². The molecule has 7 heteroatoms. The van der Waals surface area contributed by atoms with Gasteiger partial charge >= 0.3 is 5.97 Å². The number of methoxy groups -OCH3 is 1. The molecule has 0 aliphatic heterocycles. The SMILES string of the molecule is COc1ccccc1-c1noc(COC(=O)c2ccccn2)n1. The van der Waals surface area contributed by atoms with Crippen LogP contribution in [0.4, 0.5) is 0 Å². The minimum absolute atomic E-state index is 0.127. The van der Waals surface area contributed by atoms with Crippen molar-refractivity contribution >= 4 is 5.97 Å². The molecule has 116 valence electrons. The van der Waals surface area contributed by atoms with Crippen molar-refractivity contribution in [3.8, 4) is 17.1 Å². The first-order valence-corrected chi connectivity index (χ1v) is 6.82. The van der Waals surface area contributed by atoms with Gasteiger partial charge in [0.25, 0.3) is 5.89 Å². The summed E-state index contributed by atoms with van der Waals surface area (Å²) in [6.45, 7) is -0.127. The molecule has 0 amide bonds. The van der Waals surface area contributed by atoms with Crippen molar-refractivity contribution < 1.29 is 18.8 Å². The molecule has 0 atom stereocenters. The van der Waals surface area contributed by atoms with Gasteiger partial charge in [0.1, 0.15) is 11.4 Å². The number of carbonyl (C=O) groups is 1. The van der Waals surface area contributed by atoms with Crippen LogP contribution in [0.3, 0.4) is 0 Å². The number of esters is 1. The summed E-state index contributed by atoms with van der Waals surface area (Å²) in [6, 6.07) is 12.3. The lowest BCUT2D eigenvalue weighted by Crippen LogP contribution is -2.07. The van der Waals surface area contributed by atoms with Crippen molar-refractivity contribution in [1.82, 2.24) is 15.1 Å². The highest BCUT2D eigenvalue weighted by Gasteiger charge is 2.15. The van der Waals surface area contributed by atoms with E-state index in [4.69, 9.17) is 14.0 Å². The van der Waals surface area contributed by atoms with Gasteiger partial charge in [-0.1, -0.05) is 23.4 Å². The Morgan fingerprint density at radius 1 is 1.17 bits per heavy atom. The van der Waals surface area contributed by atoms with Crippen LogP contribution < -0.4 is 4.74 Å². The summed E-state index contributed by atoms with van der Waals surface area (Å²) >= 11 is 0. The van der Waals surface area contributed by atoms with Gasteiger partial charge in [-0.25, -0.2) is 9.78 Å². The minimum Gasteiger partial charge on any atom is -0.496 e. The second kappa shape index (κ2) is 6.69. The smallest absolute Gasteiger partial charge is 0.357 e. The molecule has 0 aliphatic rings. The van der Waals surface area contributed by atoms with Crippen LogP contribution in [0, 0.1) is 0 Å². The summed E-state index contributed by atoms with van der Waals surface area (Å²) < 4.78 is 15.4. The Hall–Kier alpha value is -3.22. The summed E-state index contributed by atoms with van der Waals surface area (Å²) in [4.78, 5) is 19.9. The highest BCUT2D eigenvalue weighted by Crippen LogP contribution is 2.27. The van der Waals surface area contributed by atoms with Crippen LogP contribution in [0.1, 0.15) is 16.4 Å². The van der Waals surface area contributed by atoms with Crippen molar-refractivity contribution in [1.29, 1.82) is 0 Å². The second-order valence-corrected chi connectivity index (χ2v) is 4.50. The number of pyridine rings is 1. The van der Waals surface area contributed by atoms with Gasteiger partial charge < -0.3 is 14.0 Å². The summed E-state index contributed by atoms with van der Waals surface area (Å²) in [5.74, 6) is 0.634. The topological polar surface area (TPSA) is 87.3 Å². The van der Waals surface area contributed by atoms with Crippen molar-refractivity contribution in [2.45, 2.75) is 6.61 Å².